The highest BCUT2D eigenvalue weighted by atomic mass is 16.6. The lowest BCUT2D eigenvalue weighted by molar-refractivity contribution is 0.0515. The van der Waals surface area contributed by atoms with E-state index in [-0.39, 0.29) is 6.09 Å². The molecule has 0 radical (unpaired) electrons. The van der Waals surface area contributed by atoms with E-state index in [1.165, 1.54) is 12.8 Å². The van der Waals surface area contributed by atoms with Gasteiger partial charge in [0.1, 0.15) is 0 Å². The third-order valence-corrected chi connectivity index (χ3v) is 4.47. The molecule has 2 heterocycles. The number of likely N-dealkylation sites (tertiary alicyclic amines) is 1. The fraction of sp³-hybridized carbons (Fsp3) is 0.929. The van der Waals surface area contributed by atoms with E-state index in [0.29, 0.717) is 12.0 Å². The van der Waals surface area contributed by atoms with E-state index < -0.39 is 0 Å². The number of carbonyl (C=O) groups excluding carboxylic acids is 1. The number of carbonyl (C=O) groups is 1. The zero-order valence-electron chi connectivity index (χ0n) is 11.5. The first-order valence-electron chi connectivity index (χ1n) is 7.38. The maximum absolute atomic E-state index is 11.8. The van der Waals surface area contributed by atoms with Crippen molar-refractivity contribution in [2.45, 2.75) is 45.4 Å². The molecule has 2 rings (SSSR count). The van der Waals surface area contributed by atoms with Crippen molar-refractivity contribution in [3.05, 3.63) is 0 Å². The quantitative estimate of drug-likeness (QED) is 0.786. The largest absolute Gasteiger partial charge is 0.449 e. The summed E-state index contributed by atoms with van der Waals surface area (Å²) in [4.78, 5) is 13.7. The Balaban J connectivity index is 1.73. The minimum Gasteiger partial charge on any atom is -0.449 e. The molecule has 2 fully saturated rings. The van der Waals surface area contributed by atoms with Gasteiger partial charge in [0.2, 0.25) is 0 Å². The number of hydrogen-bond donors (Lipinski definition) is 1. The van der Waals surface area contributed by atoms with Crippen molar-refractivity contribution in [2.75, 3.05) is 32.8 Å². The van der Waals surface area contributed by atoms with Crippen LogP contribution in [-0.2, 0) is 4.74 Å². The summed E-state index contributed by atoms with van der Waals surface area (Å²) in [5.41, 5.74) is 0.505. The summed E-state index contributed by atoms with van der Waals surface area (Å²) in [6.45, 7) is 6.72. The fourth-order valence-electron chi connectivity index (χ4n) is 3.02. The number of piperidine rings is 2. The van der Waals surface area contributed by atoms with E-state index in [4.69, 9.17) is 4.74 Å². The molecule has 1 amide bonds. The van der Waals surface area contributed by atoms with Crippen LogP contribution in [0.15, 0.2) is 0 Å². The molecular weight excluding hydrogens is 228 g/mol. The Morgan fingerprint density at radius 1 is 1.22 bits per heavy atom. The average Bonchev–Trinajstić information content (AvgIpc) is 2.41. The van der Waals surface area contributed by atoms with Crippen LogP contribution in [0.1, 0.15) is 45.4 Å². The highest BCUT2D eigenvalue weighted by molar-refractivity contribution is 5.67. The van der Waals surface area contributed by atoms with E-state index in [2.05, 4.69) is 12.2 Å². The molecule has 1 spiro atoms. The number of hydrogen-bond acceptors (Lipinski definition) is 3. The molecular formula is C14H26N2O2. The maximum Gasteiger partial charge on any atom is 0.409 e. The Labute approximate surface area is 110 Å². The summed E-state index contributed by atoms with van der Waals surface area (Å²) < 4.78 is 5.27. The molecule has 2 aliphatic rings. The van der Waals surface area contributed by atoms with Crippen LogP contribution < -0.4 is 5.32 Å². The Hall–Kier alpha value is -0.770. The molecule has 1 N–H and O–H groups in total. The van der Waals surface area contributed by atoms with Gasteiger partial charge < -0.3 is 15.0 Å². The van der Waals surface area contributed by atoms with Crippen molar-refractivity contribution < 1.29 is 9.53 Å². The standard InChI is InChI=1S/C14H26N2O2/c1-2-3-12-18-13(17)16-10-6-14(7-11-16)4-8-15-9-5-14/h15H,2-12H2,1H3. The zero-order valence-corrected chi connectivity index (χ0v) is 11.5. The fourth-order valence-corrected chi connectivity index (χ4v) is 3.02. The zero-order chi connectivity index (χ0) is 12.8. The van der Waals surface area contributed by atoms with Gasteiger partial charge >= 0.3 is 6.09 Å². The Morgan fingerprint density at radius 2 is 1.89 bits per heavy atom. The summed E-state index contributed by atoms with van der Waals surface area (Å²) in [7, 11) is 0. The second-order valence-electron chi connectivity index (χ2n) is 5.70. The van der Waals surface area contributed by atoms with Crippen molar-refractivity contribution in [1.82, 2.24) is 10.2 Å². The number of rotatable bonds is 3. The van der Waals surface area contributed by atoms with Crippen molar-refractivity contribution in [3.63, 3.8) is 0 Å². The van der Waals surface area contributed by atoms with E-state index in [9.17, 15) is 4.79 Å². The molecule has 0 bridgehead atoms. The third kappa shape index (κ3) is 3.37. The van der Waals surface area contributed by atoms with Gasteiger partial charge in [-0.05, 0) is 50.6 Å². The van der Waals surface area contributed by atoms with E-state index >= 15 is 0 Å². The number of nitrogens with one attached hydrogen (secondary N) is 1. The molecule has 18 heavy (non-hydrogen) atoms. The summed E-state index contributed by atoms with van der Waals surface area (Å²) in [5, 5.41) is 3.42. The minimum absolute atomic E-state index is 0.104. The van der Waals surface area contributed by atoms with E-state index in [0.717, 1.165) is 51.9 Å². The molecule has 0 saturated carbocycles. The van der Waals surface area contributed by atoms with Gasteiger partial charge in [0.15, 0.2) is 0 Å². The van der Waals surface area contributed by atoms with Crippen molar-refractivity contribution >= 4 is 6.09 Å². The molecule has 2 saturated heterocycles. The van der Waals surface area contributed by atoms with Crippen LogP contribution in [0.4, 0.5) is 4.79 Å². The second kappa shape index (κ2) is 6.41. The Kier molecular flexibility index (Phi) is 4.87. The molecule has 104 valence electrons. The lowest BCUT2D eigenvalue weighted by atomic mass is 9.72. The molecule has 2 aliphatic heterocycles. The van der Waals surface area contributed by atoms with Gasteiger partial charge in [-0.15, -0.1) is 0 Å². The normalized spacial score (nSPS) is 23.1. The predicted molar refractivity (Wildman–Crippen MR) is 71.6 cm³/mol. The van der Waals surface area contributed by atoms with Gasteiger partial charge in [-0.2, -0.15) is 0 Å². The van der Waals surface area contributed by atoms with Crippen molar-refractivity contribution in [2.24, 2.45) is 5.41 Å². The topological polar surface area (TPSA) is 41.6 Å². The highest BCUT2D eigenvalue weighted by Crippen LogP contribution is 2.39. The van der Waals surface area contributed by atoms with Crippen LogP contribution in [0.2, 0.25) is 0 Å². The van der Waals surface area contributed by atoms with Crippen molar-refractivity contribution in [3.8, 4) is 0 Å². The highest BCUT2D eigenvalue weighted by Gasteiger charge is 2.36. The van der Waals surface area contributed by atoms with Gasteiger partial charge in [0.05, 0.1) is 6.61 Å². The summed E-state index contributed by atoms with van der Waals surface area (Å²) in [6, 6.07) is 0. The predicted octanol–water partition coefficient (Wildman–Crippen LogP) is 2.39. The summed E-state index contributed by atoms with van der Waals surface area (Å²) in [6.07, 6.45) is 6.78. The first-order chi connectivity index (χ1) is 8.76. The molecule has 0 aliphatic carbocycles. The Morgan fingerprint density at radius 3 is 2.50 bits per heavy atom. The van der Waals surface area contributed by atoms with Gasteiger partial charge in [-0.1, -0.05) is 13.3 Å². The summed E-state index contributed by atoms with van der Waals surface area (Å²) in [5.74, 6) is 0. The monoisotopic (exact) mass is 254 g/mol. The molecule has 4 nitrogen and oxygen atoms in total. The molecule has 4 heteroatoms. The van der Waals surface area contributed by atoms with Crippen LogP contribution in [0.3, 0.4) is 0 Å². The maximum atomic E-state index is 11.8. The van der Waals surface area contributed by atoms with Crippen LogP contribution >= 0.6 is 0 Å². The first kappa shape index (κ1) is 13.7. The van der Waals surface area contributed by atoms with Crippen molar-refractivity contribution in [1.29, 1.82) is 0 Å². The number of nitrogens with zero attached hydrogens (tertiary/aromatic N) is 1. The molecule has 0 aromatic carbocycles. The van der Waals surface area contributed by atoms with Gasteiger partial charge in [0.25, 0.3) is 0 Å². The van der Waals surface area contributed by atoms with Crippen LogP contribution in [-0.4, -0.2) is 43.8 Å². The molecule has 0 atom stereocenters. The molecule has 0 aromatic heterocycles. The number of ether oxygens (including phenoxy) is 1. The van der Waals surface area contributed by atoms with Crippen LogP contribution in [0.25, 0.3) is 0 Å². The lowest BCUT2D eigenvalue weighted by Crippen LogP contribution is -2.47. The van der Waals surface area contributed by atoms with E-state index in [1.54, 1.807) is 0 Å². The van der Waals surface area contributed by atoms with Gasteiger partial charge in [-0.3, -0.25) is 0 Å². The minimum atomic E-state index is -0.104. The SMILES string of the molecule is CCCCOC(=O)N1CCC2(CCNCC2)CC1. The molecule has 0 aromatic rings. The Bertz CT molecular complexity index is 265. The lowest BCUT2D eigenvalue weighted by Gasteiger charge is -2.44. The number of amides is 1. The third-order valence-electron chi connectivity index (χ3n) is 4.47. The second-order valence-corrected chi connectivity index (χ2v) is 5.70. The average molecular weight is 254 g/mol. The van der Waals surface area contributed by atoms with Gasteiger partial charge in [0, 0.05) is 13.1 Å². The van der Waals surface area contributed by atoms with Crippen LogP contribution in [0.5, 0.6) is 0 Å². The molecule has 0 unspecified atom stereocenters. The first-order valence-corrected chi connectivity index (χ1v) is 7.38. The number of unbranched alkanes of at least 4 members (excludes halogenated alkanes) is 1. The van der Waals surface area contributed by atoms with E-state index in [1.807, 2.05) is 4.90 Å². The smallest absolute Gasteiger partial charge is 0.409 e. The van der Waals surface area contributed by atoms with Crippen LogP contribution in [0, 0.1) is 5.41 Å². The van der Waals surface area contributed by atoms with Gasteiger partial charge in [-0.25, -0.2) is 4.79 Å². The summed E-state index contributed by atoms with van der Waals surface area (Å²) >= 11 is 0.